The lowest BCUT2D eigenvalue weighted by Gasteiger charge is -2.26. The topological polar surface area (TPSA) is 98.7 Å². The van der Waals surface area contributed by atoms with Crippen LogP contribution in [0.2, 0.25) is 0 Å². The Morgan fingerprint density at radius 1 is 1.00 bits per heavy atom. The van der Waals surface area contributed by atoms with Crippen LogP contribution in [0.25, 0.3) is 0 Å². The van der Waals surface area contributed by atoms with E-state index in [0.717, 1.165) is 19.3 Å². The van der Waals surface area contributed by atoms with Crippen molar-refractivity contribution in [3.8, 4) is 0 Å². The van der Waals surface area contributed by atoms with Gasteiger partial charge in [0.1, 0.15) is 6.54 Å². The number of hydrogen-bond acceptors (Lipinski definition) is 3. The number of rotatable bonds is 4. The minimum atomic E-state index is -1.11. The molecule has 1 aliphatic rings. The summed E-state index contributed by atoms with van der Waals surface area (Å²) < 4.78 is 0. The van der Waals surface area contributed by atoms with E-state index in [4.69, 9.17) is 5.11 Å². The average Bonchev–Trinajstić information content (AvgIpc) is 2.34. The van der Waals surface area contributed by atoms with Crippen molar-refractivity contribution in [1.82, 2.24) is 15.5 Å². The summed E-state index contributed by atoms with van der Waals surface area (Å²) in [6.07, 6.45) is 3.10. The zero-order valence-corrected chi connectivity index (χ0v) is 9.57. The van der Waals surface area contributed by atoms with E-state index < -0.39 is 18.4 Å². The molecule has 0 saturated carbocycles. The molecule has 0 aromatic heterocycles. The standard InChI is InChI=1S/C10H17N3O4/c14-8(11-7-9(15)16)6-12-10(17)13-4-2-1-3-5-13/h1-7H2,(H,11,14)(H,12,17)(H,15,16). The van der Waals surface area contributed by atoms with Crippen molar-refractivity contribution in [3.05, 3.63) is 0 Å². The Balaban J connectivity index is 2.18. The summed E-state index contributed by atoms with van der Waals surface area (Å²) in [5.74, 6) is -1.61. The third-order valence-electron chi connectivity index (χ3n) is 2.48. The first-order valence-electron chi connectivity index (χ1n) is 5.61. The summed E-state index contributed by atoms with van der Waals surface area (Å²) in [6.45, 7) is 0.798. The number of carboxylic acids is 1. The van der Waals surface area contributed by atoms with Gasteiger partial charge in [-0.3, -0.25) is 9.59 Å². The van der Waals surface area contributed by atoms with Gasteiger partial charge in [-0.2, -0.15) is 0 Å². The molecule has 0 radical (unpaired) electrons. The molecule has 7 nitrogen and oxygen atoms in total. The number of likely N-dealkylation sites (tertiary alicyclic amines) is 1. The minimum absolute atomic E-state index is 0.192. The highest BCUT2D eigenvalue weighted by molar-refractivity contribution is 5.86. The van der Waals surface area contributed by atoms with Crippen LogP contribution in [-0.4, -0.2) is 54.1 Å². The molecule has 0 atom stereocenters. The molecule has 0 unspecified atom stereocenters. The Labute approximate surface area is 99.2 Å². The predicted molar refractivity (Wildman–Crippen MR) is 59.5 cm³/mol. The van der Waals surface area contributed by atoms with Crippen molar-refractivity contribution >= 4 is 17.9 Å². The van der Waals surface area contributed by atoms with Gasteiger partial charge >= 0.3 is 12.0 Å². The van der Waals surface area contributed by atoms with Gasteiger partial charge in [0.15, 0.2) is 0 Å². The van der Waals surface area contributed by atoms with Crippen molar-refractivity contribution in [2.75, 3.05) is 26.2 Å². The summed E-state index contributed by atoms with van der Waals surface area (Å²) in [5, 5.41) is 13.0. The molecule has 1 rings (SSSR count). The summed E-state index contributed by atoms with van der Waals surface area (Å²) in [5.41, 5.74) is 0. The van der Waals surface area contributed by atoms with Crippen LogP contribution in [-0.2, 0) is 9.59 Å². The van der Waals surface area contributed by atoms with E-state index in [0.29, 0.717) is 13.1 Å². The maximum Gasteiger partial charge on any atom is 0.322 e. The third-order valence-corrected chi connectivity index (χ3v) is 2.48. The second kappa shape index (κ2) is 6.72. The van der Waals surface area contributed by atoms with Crippen molar-refractivity contribution in [2.45, 2.75) is 19.3 Å². The van der Waals surface area contributed by atoms with Crippen molar-refractivity contribution in [3.63, 3.8) is 0 Å². The molecule has 1 aliphatic heterocycles. The maximum absolute atomic E-state index is 11.6. The molecule has 3 amide bonds. The van der Waals surface area contributed by atoms with Gasteiger partial charge in [-0.15, -0.1) is 0 Å². The monoisotopic (exact) mass is 243 g/mol. The summed E-state index contributed by atoms with van der Waals surface area (Å²) in [7, 11) is 0. The number of hydrogen-bond donors (Lipinski definition) is 3. The number of urea groups is 1. The first-order valence-corrected chi connectivity index (χ1v) is 5.61. The summed E-state index contributed by atoms with van der Waals surface area (Å²) >= 11 is 0. The van der Waals surface area contributed by atoms with E-state index in [2.05, 4.69) is 10.6 Å². The highest BCUT2D eigenvalue weighted by atomic mass is 16.4. The van der Waals surface area contributed by atoms with Gasteiger partial charge in [0.25, 0.3) is 0 Å². The molecule has 1 saturated heterocycles. The van der Waals surface area contributed by atoms with Gasteiger partial charge in [-0.25, -0.2) is 4.79 Å². The number of carbonyl (C=O) groups excluding carboxylic acids is 2. The first-order chi connectivity index (χ1) is 8.09. The molecular formula is C10H17N3O4. The molecule has 0 bridgehead atoms. The first kappa shape index (κ1) is 13.3. The number of amides is 3. The Morgan fingerprint density at radius 2 is 1.65 bits per heavy atom. The molecule has 1 heterocycles. The molecule has 96 valence electrons. The van der Waals surface area contributed by atoms with Crippen LogP contribution in [0.1, 0.15) is 19.3 Å². The Hall–Kier alpha value is -1.79. The maximum atomic E-state index is 11.6. The molecule has 7 heteroatoms. The Morgan fingerprint density at radius 3 is 2.24 bits per heavy atom. The summed E-state index contributed by atoms with van der Waals surface area (Å²) in [4.78, 5) is 34.5. The lowest BCUT2D eigenvalue weighted by Crippen LogP contribution is -2.46. The van der Waals surface area contributed by atoms with Crippen LogP contribution in [0.3, 0.4) is 0 Å². The van der Waals surface area contributed by atoms with Crippen molar-refractivity contribution in [1.29, 1.82) is 0 Å². The van der Waals surface area contributed by atoms with Crippen LogP contribution in [0.4, 0.5) is 4.79 Å². The van der Waals surface area contributed by atoms with Crippen molar-refractivity contribution < 1.29 is 19.5 Å². The van der Waals surface area contributed by atoms with E-state index in [1.54, 1.807) is 4.90 Å². The Bertz CT molecular complexity index is 300. The molecule has 0 spiro atoms. The predicted octanol–water partition coefficient (Wildman–Crippen LogP) is -0.617. The largest absolute Gasteiger partial charge is 0.480 e. The van der Waals surface area contributed by atoms with Gasteiger partial charge in [-0.05, 0) is 19.3 Å². The van der Waals surface area contributed by atoms with E-state index >= 15 is 0 Å². The van der Waals surface area contributed by atoms with Crippen LogP contribution in [0, 0.1) is 0 Å². The van der Waals surface area contributed by atoms with Gasteiger partial charge in [0.05, 0.1) is 6.54 Å². The second-order valence-electron chi connectivity index (χ2n) is 3.88. The fraction of sp³-hybridized carbons (Fsp3) is 0.700. The minimum Gasteiger partial charge on any atom is -0.480 e. The van der Waals surface area contributed by atoms with Crippen LogP contribution in [0.15, 0.2) is 0 Å². The smallest absolute Gasteiger partial charge is 0.322 e. The fourth-order valence-corrected chi connectivity index (χ4v) is 1.60. The number of aliphatic carboxylic acids is 1. The van der Waals surface area contributed by atoms with E-state index in [-0.39, 0.29) is 12.6 Å². The number of carboxylic acid groups (broad SMARTS) is 1. The highest BCUT2D eigenvalue weighted by Gasteiger charge is 2.16. The van der Waals surface area contributed by atoms with Crippen LogP contribution >= 0.6 is 0 Å². The fourth-order valence-electron chi connectivity index (χ4n) is 1.60. The molecule has 3 N–H and O–H groups in total. The van der Waals surface area contributed by atoms with Crippen LogP contribution < -0.4 is 10.6 Å². The molecule has 17 heavy (non-hydrogen) atoms. The Kier molecular flexibility index (Phi) is 5.25. The lowest BCUT2D eigenvalue weighted by atomic mass is 10.1. The van der Waals surface area contributed by atoms with Crippen LogP contribution in [0.5, 0.6) is 0 Å². The normalized spacial score (nSPS) is 15.2. The zero-order valence-electron chi connectivity index (χ0n) is 9.57. The molecular weight excluding hydrogens is 226 g/mol. The van der Waals surface area contributed by atoms with Gasteiger partial charge in [0.2, 0.25) is 5.91 Å². The quantitative estimate of drug-likeness (QED) is 0.613. The number of nitrogens with zero attached hydrogens (tertiary/aromatic N) is 1. The lowest BCUT2D eigenvalue weighted by molar-refractivity contribution is -0.137. The van der Waals surface area contributed by atoms with Gasteiger partial charge < -0.3 is 20.6 Å². The number of nitrogens with one attached hydrogen (secondary N) is 2. The van der Waals surface area contributed by atoms with Gasteiger partial charge in [0, 0.05) is 13.1 Å². The SMILES string of the molecule is O=C(O)CNC(=O)CNC(=O)N1CCCCC1. The van der Waals surface area contributed by atoms with Gasteiger partial charge in [-0.1, -0.05) is 0 Å². The second-order valence-corrected chi connectivity index (χ2v) is 3.88. The molecule has 0 aliphatic carbocycles. The zero-order chi connectivity index (χ0) is 12.7. The van der Waals surface area contributed by atoms with E-state index in [1.165, 1.54) is 0 Å². The van der Waals surface area contributed by atoms with Crippen molar-refractivity contribution in [2.24, 2.45) is 0 Å². The third kappa shape index (κ3) is 5.19. The van der Waals surface area contributed by atoms with E-state index in [9.17, 15) is 14.4 Å². The average molecular weight is 243 g/mol. The molecule has 0 aromatic rings. The number of piperidine rings is 1. The molecule has 1 fully saturated rings. The highest BCUT2D eigenvalue weighted by Crippen LogP contribution is 2.07. The van der Waals surface area contributed by atoms with E-state index in [1.807, 2.05) is 0 Å². The molecule has 0 aromatic carbocycles. The summed E-state index contributed by atoms with van der Waals surface area (Å²) in [6, 6.07) is -0.268. The number of carbonyl (C=O) groups is 3.